The summed E-state index contributed by atoms with van der Waals surface area (Å²) in [5, 5.41) is 3.71. The van der Waals surface area contributed by atoms with Crippen LogP contribution in [0.5, 0.6) is 0 Å². The predicted molar refractivity (Wildman–Crippen MR) is 102 cm³/mol. The first-order valence-corrected chi connectivity index (χ1v) is 9.29. The molecule has 2 aromatic carbocycles. The SMILES string of the molecule is Cc1ccccc1-c1ccc(C2C3CN(Cc4cocn4)CC2N3)cc1. The van der Waals surface area contributed by atoms with Crippen molar-refractivity contribution in [3.05, 3.63) is 78.0 Å². The highest BCUT2D eigenvalue weighted by atomic mass is 16.3. The molecule has 132 valence electrons. The van der Waals surface area contributed by atoms with Gasteiger partial charge in [-0.25, -0.2) is 4.98 Å². The molecular formula is C22H23N3O. The Hall–Kier alpha value is -2.43. The first-order valence-electron chi connectivity index (χ1n) is 9.29. The number of aryl methyl sites for hydroxylation is 1. The van der Waals surface area contributed by atoms with Crippen molar-refractivity contribution in [1.82, 2.24) is 15.2 Å². The van der Waals surface area contributed by atoms with Crippen molar-refractivity contribution in [2.75, 3.05) is 13.1 Å². The number of aromatic nitrogens is 1. The number of piperazine rings is 1. The van der Waals surface area contributed by atoms with Gasteiger partial charge in [0.1, 0.15) is 6.26 Å². The zero-order valence-corrected chi connectivity index (χ0v) is 14.9. The van der Waals surface area contributed by atoms with Crippen molar-refractivity contribution in [2.24, 2.45) is 0 Å². The normalized spacial score (nSPS) is 25.0. The van der Waals surface area contributed by atoms with Crippen LogP contribution in [0.15, 0.2) is 65.6 Å². The van der Waals surface area contributed by atoms with Crippen LogP contribution in [0.1, 0.15) is 22.7 Å². The lowest BCUT2D eigenvalue weighted by molar-refractivity contribution is 0.0463. The van der Waals surface area contributed by atoms with Gasteiger partial charge in [-0.15, -0.1) is 0 Å². The fourth-order valence-corrected chi connectivity index (χ4v) is 4.53. The summed E-state index contributed by atoms with van der Waals surface area (Å²) in [7, 11) is 0. The monoisotopic (exact) mass is 345 g/mol. The fourth-order valence-electron chi connectivity index (χ4n) is 4.53. The lowest BCUT2D eigenvalue weighted by atomic mass is 9.74. The van der Waals surface area contributed by atoms with E-state index in [1.165, 1.54) is 28.6 Å². The number of benzene rings is 2. The Morgan fingerprint density at radius 1 is 1.08 bits per heavy atom. The maximum atomic E-state index is 5.09. The second-order valence-corrected chi connectivity index (χ2v) is 7.52. The van der Waals surface area contributed by atoms with Crippen LogP contribution in [0.25, 0.3) is 11.1 Å². The first-order chi connectivity index (χ1) is 12.8. The fraction of sp³-hybridized carbons (Fsp3) is 0.318. The summed E-state index contributed by atoms with van der Waals surface area (Å²) < 4.78 is 5.09. The topological polar surface area (TPSA) is 41.3 Å². The molecule has 2 unspecified atom stereocenters. The molecule has 6 rings (SSSR count). The van der Waals surface area contributed by atoms with Crippen LogP contribution in [-0.4, -0.2) is 35.1 Å². The van der Waals surface area contributed by atoms with Crippen LogP contribution in [-0.2, 0) is 6.54 Å². The Kier molecular flexibility index (Phi) is 3.88. The lowest BCUT2D eigenvalue weighted by Gasteiger charge is -2.54. The average Bonchev–Trinajstić information content (AvgIpc) is 3.16. The molecule has 0 spiro atoms. The highest BCUT2D eigenvalue weighted by molar-refractivity contribution is 5.67. The van der Waals surface area contributed by atoms with Gasteiger partial charge < -0.3 is 9.73 Å². The number of fused-ring (bicyclic) bond motifs is 2. The zero-order valence-electron chi connectivity index (χ0n) is 14.9. The molecule has 26 heavy (non-hydrogen) atoms. The Morgan fingerprint density at radius 2 is 1.85 bits per heavy atom. The molecule has 3 aliphatic heterocycles. The summed E-state index contributed by atoms with van der Waals surface area (Å²) in [6.07, 6.45) is 3.26. The number of piperidine rings is 1. The largest absolute Gasteiger partial charge is 0.451 e. The molecule has 2 bridgehead atoms. The van der Waals surface area contributed by atoms with Crippen molar-refractivity contribution in [3.63, 3.8) is 0 Å². The summed E-state index contributed by atoms with van der Waals surface area (Å²) in [6.45, 7) is 5.18. The van der Waals surface area contributed by atoms with E-state index < -0.39 is 0 Å². The summed E-state index contributed by atoms with van der Waals surface area (Å²) in [6, 6.07) is 18.8. The van der Waals surface area contributed by atoms with Crippen molar-refractivity contribution in [1.29, 1.82) is 0 Å². The Bertz CT molecular complexity index is 876. The van der Waals surface area contributed by atoms with Crippen molar-refractivity contribution in [2.45, 2.75) is 31.5 Å². The molecule has 4 heteroatoms. The zero-order chi connectivity index (χ0) is 17.5. The Balaban J connectivity index is 1.29. The van der Waals surface area contributed by atoms with E-state index in [1.807, 2.05) is 0 Å². The van der Waals surface area contributed by atoms with Crippen molar-refractivity contribution >= 4 is 0 Å². The van der Waals surface area contributed by atoms with E-state index in [-0.39, 0.29) is 0 Å². The Morgan fingerprint density at radius 3 is 2.54 bits per heavy atom. The number of rotatable bonds is 4. The van der Waals surface area contributed by atoms with Crippen molar-refractivity contribution < 1.29 is 4.42 Å². The molecular weight excluding hydrogens is 322 g/mol. The van der Waals surface area contributed by atoms with E-state index in [0.29, 0.717) is 18.0 Å². The van der Waals surface area contributed by atoms with Crippen molar-refractivity contribution in [3.8, 4) is 11.1 Å². The van der Waals surface area contributed by atoms with Gasteiger partial charge in [-0.1, -0.05) is 48.5 Å². The second kappa shape index (κ2) is 6.38. The number of hydrogen-bond donors (Lipinski definition) is 1. The summed E-state index contributed by atoms with van der Waals surface area (Å²) in [5.74, 6) is 0.620. The van der Waals surface area contributed by atoms with Crippen LogP contribution in [0.4, 0.5) is 0 Å². The van der Waals surface area contributed by atoms with Gasteiger partial charge in [-0.05, 0) is 29.2 Å². The summed E-state index contributed by atoms with van der Waals surface area (Å²) in [4.78, 5) is 6.72. The molecule has 1 aromatic heterocycles. The lowest BCUT2D eigenvalue weighted by Crippen LogP contribution is -2.71. The smallest absolute Gasteiger partial charge is 0.180 e. The van der Waals surface area contributed by atoms with Crippen LogP contribution in [0, 0.1) is 6.92 Å². The quantitative estimate of drug-likeness (QED) is 0.785. The number of nitrogens with zero attached hydrogens (tertiary/aromatic N) is 2. The van der Waals surface area contributed by atoms with Crippen LogP contribution in [0.2, 0.25) is 0 Å². The van der Waals surface area contributed by atoms with E-state index in [0.717, 1.165) is 25.3 Å². The van der Waals surface area contributed by atoms with E-state index in [9.17, 15) is 0 Å². The van der Waals surface area contributed by atoms with E-state index in [1.54, 1.807) is 6.26 Å². The highest BCUT2D eigenvalue weighted by Gasteiger charge is 2.46. The van der Waals surface area contributed by atoms with Gasteiger partial charge in [0.15, 0.2) is 6.39 Å². The van der Waals surface area contributed by atoms with E-state index in [2.05, 4.69) is 70.7 Å². The van der Waals surface area contributed by atoms with Gasteiger partial charge in [0.2, 0.25) is 0 Å². The van der Waals surface area contributed by atoms with Gasteiger partial charge in [0, 0.05) is 37.6 Å². The number of oxazole rings is 1. The highest BCUT2D eigenvalue weighted by Crippen LogP contribution is 2.38. The molecule has 3 aromatic rings. The van der Waals surface area contributed by atoms with Gasteiger partial charge in [0.05, 0.1) is 5.69 Å². The molecule has 0 amide bonds. The molecule has 3 aliphatic rings. The third-order valence-corrected chi connectivity index (χ3v) is 5.83. The van der Waals surface area contributed by atoms with E-state index >= 15 is 0 Å². The molecule has 3 fully saturated rings. The second-order valence-electron chi connectivity index (χ2n) is 7.52. The van der Waals surface area contributed by atoms with Crippen LogP contribution in [0.3, 0.4) is 0 Å². The number of hydrogen-bond acceptors (Lipinski definition) is 4. The van der Waals surface area contributed by atoms with Gasteiger partial charge >= 0.3 is 0 Å². The maximum absolute atomic E-state index is 5.09. The third kappa shape index (κ3) is 2.75. The van der Waals surface area contributed by atoms with Crippen LogP contribution >= 0.6 is 0 Å². The maximum Gasteiger partial charge on any atom is 0.180 e. The molecule has 3 saturated heterocycles. The van der Waals surface area contributed by atoms with Gasteiger partial charge in [0.25, 0.3) is 0 Å². The minimum absolute atomic E-state index is 0.532. The molecule has 2 atom stereocenters. The predicted octanol–water partition coefficient (Wildman–Crippen LogP) is 3.59. The van der Waals surface area contributed by atoms with Gasteiger partial charge in [-0.3, -0.25) is 4.90 Å². The summed E-state index contributed by atoms with van der Waals surface area (Å²) in [5.41, 5.74) is 6.43. The van der Waals surface area contributed by atoms with Crippen LogP contribution < -0.4 is 5.32 Å². The van der Waals surface area contributed by atoms with E-state index in [4.69, 9.17) is 4.42 Å². The third-order valence-electron chi connectivity index (χ3n) is 5.83. The minimum atomic E-state index is 0.532. The molecule has 0 saturated carbocycles. The van der Waals surface area contributed by atoms with Gasteiger partial charge in [-0.2, -0.15) is 0 Å². The molecule has 4 nitrogen and oxygen atoms in total. The Labute approximate surface area is 153 Å². The first kappa shape index (κ1) is 15.8. The molecule has 4 heterocycles. The molecule has 1 N–H and O–H groups in total. The number of nitrogens with one attached hydrogen (secondary N) is 1. The average molecular weight is 345 g/mol. The summed E-state index contributed by atoms with van der Waals surface area (Å²) >= 11 is 0. The minimum Gasteiger partial charge on any atom is -0.451 e. The molecule has 0 aliphatic carbocycles. The standard InChI is InChI=1S/C22H23N3O/c1-15-4-2-3-5-19(15)16-6-8-17(9-7-16)22-20-11-25(12-21(22)24-20)10-18-13-26-14-23-18/h2-9,13-14,20-22,24H,10-12H2,1H3. The molecule has 0 radical (unpaired) electrons.